The fourth-order valence-corrected chi connectivity index (χ4v) is 1.42. The Morgan fingerprint density at radius 2 is 2.12 bits per heavy atom. The van der Waals surface area contributed by atoms with Crippen molar-refractivity contribution >= 4 is 5.91 Å². The quantitative estimate of drug-likeness (QED) is 0.801. The largest absolute Gasteiger partial charge is 0.508 e. The van der Waals surface area contributed by atoms with E-state index in [-0.39, 0.29) is 17.7 Å². The van der Waals surface area contributed by atoms with Crippen LogP contribution in [0.5, 0.6) is 5.75 Å². The van der Waals surface area contributed by atoms with Gasteiger partial charge in [-0.1, -0.05) is 25.1 Å². The highest BCUT2D eigenvalue weighted by atomic mass is 16.3. The molecule has 0 aliphatic heterocycles. The van der Waals surface area contributed by atoms with E-state index in [1.165, 1.54) is 0 Å². The van der Waals surface area contributed by atoms with Crippen LogP contribution in [0.3, 0.4) is 0 Å². The Morgan fingerprint density at radius 3 is 2.75 bits per heavy atom. The van der Waals surface area contributed by atoms with E-state index in [1.54, 1.807) is 12.1 Å². The fourth-order valence-electron chi connectivity index (χ4n) is 1.42. The smallest absolute Gasteiger partial charge is 0.220 e. The molecule has 0 aliphatic carbocycles. The van der Waals surface area contributed by atoms with Crippen LogP contribution >= 0.6 is 0 Å². The molecule has 88 valence electrons. The second kappa shape index (κ2) is 6.16. The van der Waals surface area contributed by atoms with Gasteiger partial charge in [0.2, 0.25) is 5.91 Å². The maximum atomic E-state index is 11.5. The van der Waals surface area contributed by atoms with E-state index in [1.807, 2.05) is 26.0 Å². The summed E-state index contributed by atoms with van der Waals surface area (Å²) in [6.07, 6.45) is 1.93. The van der Waals surface area contributed by atoms with Crippen molar-refractivity contribution in [3.63, 3.8) is 0 Å². The van der Waals surface area contributed by atoms with Crippen LogP contribution in [0.15, 0.2) is 24.3 Å². The van der Waals surface area contributed by atoms with Gasteiger partial charge in [-0.3, -0.25) is 4.79 Å². The molecule has 1 atom stereocenters. The van der Waals surface area contributed by atoms with Gasteiger partial charge >= 0.3 is 0 Å². The molecule has 1 rings (SSSR count). The van der Waals surface area contributed by atoms with Crippen LogP contribution in [0.1, 0.15) is 32.3 Å². The summed E-state index contributed by atoms with van der Waals surface area (Å²) in [5.74, 6) is 0.302. The zero-order chi connectivity index (χ0) is 12.0. The molecule has 0 spiro atoms. The molecule has 3 heteroatoms. The molecule has 1 amide bonds. The van der Waals surface area contributed by atoms with Crippen LogP contribution in [0, 0.1) is 0 Å². The molecule has 0 heterocycles. The molecule has 16 heavy (non-hydrogen) atoms. The third-order valence-corrected chi connectivity index (χ3v) is 2.63. The van der Waals surface area contributed by atoms with Crippen LogP contribution in [0.2, 0.25) is 0 Å². The second-order valence-electron chi connectivity index (χ2n) is 4.01. The lowest BCUT2D eigenvalue weighted by atomic mass is 10.1. The van der Waals surface area contributed by atoms with Crippen LogP contribution in [-0.2, 0) is 11.2 Å². The number of para-hydroxylation sites is 1. The van der Waals surface area contributed by atoms with Crippen molar-refractivity contribution < 1.29 is 9.90 Å². The lowest BCUT2D eigenvalue weighted by Gasteiger charge is -2.11. The Morgan fingerprint density at radius 1 is 1.44 bits per heavy atom. The zero-order valence-electron chi connectivity index (χ0n) is 9.86. The van der Waals surface area contributed by atoms with Gasteiger partial charge < -0.3 is 10.4 Å². The van der Waals surface area contributed by atoms with Gasteiger partial charge in [0.25, 0.3) is 0 Å². The molecule has 0 saturated heterocycles. The van der Waals surface area contributed by atoms with Crippen molar-refractivity contribution in [1.29, 1.82) is 0 Å². The van der Waals surface area contributed by atoms with Crippen molar-refractivity contribution in [2.75, 3.05) is 0 Å². The van der Waals surface area contributed by atoms with Gasteiger partial charge in [0, 0.05) is 12.5 Å². The van der Waals surface area contributed by atoms with Gasteiger partial charge in [0.15, 0.2) is 0 Å². The van der Waals surface area contributed by atoms with Gasteiger partial charge in [0.05, 0.1) is 0 Å². The number of benzene rings is 1. The van der Waals surface area contributed by atoms with Gasteiger partial charge in [-0.15, -0.1) is 0 Å². The number of rotatable bonds is 5. The van der Waals surface area contributed by atoms with E-state index >= 15 is 0 Å². The van der Waals surface area contributed by atoms with E-state index < -0.39 is 0 Å². The van der Waals surface area contributed by atoms with Gasteiger partial charge in [0.1, 0.15) is 5.75 Å². The highest BCUT2D eigenvalue weighted by Crippen LogP contribution is 2.17. The lowest BCUT2D eigenvalue weighted by Crippen LogP contribution is -2.31. The summed E-state index contributed by atoms with van der Waals surface area (Å²) < 4.78 is 0. The molecule has 0 saturated carbocycles. The van der Waals surface area contributed by atoms with Crippen molar-refractivity contribution in [3.8, 4) is 5.75 Å². The average molecular weight is 221 g/mol. The number of phenolic OH excluding ortho intramolecular Hbond substituents is 1. The molecule has 0 unspecified atom stereocenters. The normalized spacial score (nSPS) is 12.1. The van der Waals surface area contributed by atoms with Crippen molar-refractivity contribution in [2.24, 2.45) is 0 Å². The first-order valence-electron chi connectivity index (χ1n) is 5.69. The number of hydrogen-bond donors (Lipinski definition) is 2. The summed E-state index contributed by atoms with van der Waals surface area (Å²) >= 11 is 0. The van der Waals surface area contributed by atoms with Crippen molar-refractivity contribution in [3.05, 3.63) is 29.8 Å². The lowest BCUT2D eigenvalue weighted by molar-refractivity contribution is -0.121. The number of hydrogen-bond acceptors (Lipinski definition) is 2. The molecule has 2 N–H and O–H groups in total. The summed E-state index contributed by atoms with van der Waals surface area (Å²) in [4.78, 5) is 11.5. The molecular formula is C13H19NO2. The van der Waals surface area contributed by atoms with Gasteiger partial charge in [-0.25, -0.2) is 0 Å². The topological polar surface area (TPSA) is 49.3 Å². The SMILES string of the molecule is CC[C@@H](C)NC(=O)CCc1ccccc1O. The predicted molar refractivity (Wildman–Crippen MR) is 64.3 cm³/mol. The standard InChI is InChI=1S/C13H19NO2/c1-3-10(2)14-13(16)9-8-11-6-4-5-7-12(11)15/h4-7,10,15H,3,8-9H2,1-2H3,(H,14,16)/t10-/m1/s1. The van der Waals surface area contributed by atoms with Gasteiger partial charge in [-0.2, -0.15) is 0 Å². The molecule has 1 aromatic rings. The number of carbonyl (C=O) groups excluding carboxylic acids is 1. The Labute approximate surface area is 96.5 Å². The molecule has 0 fully saturated rings. The van der Waals surface area contributed by atoms with E-state index in [2.05, 4.69) is 5.32 Å². The highest BCUT2D eigenvalue weighted by molar-refractivity contribution is 5.76. The Bertz CT molecular complexity index is 350. The average Bonchev–Trinajstić information content (AvgIpc) is 2.28. The second-order valence-corrected chi connectivity index (χ2v) is 4.01. The Balaban J connectivity index is 2.40. The van der Waals surface area contributed by atoms with Crippen LogP contribution in [-0.4, -0.2) is 17.1 Å². The molecule has 0 aliphatic rings. The minimum atomic E-state index is 0.0394. The third-order valence-electron chi connectivity index (χ3n) is 2.63. The first-order chi connectivity index (χ1) is 7.63. The minimum absolute atomic E-state index is 0.0394. The first kappa shape index (κ1) is 12.6. The molecular weight excluding hydrogens is 202 g/mol. The van der Waals surface area contributed by atoms with Crippen molar-refractivity contribution in [1.82, 2.24) is 5.32 Å². The molecule has 0 radical (unpaired) electrons. The summed E-state index contributed by atoms with van der Waals surface area (Å²) in [7, 11) is 0. The van der Waals surface area contributed by atoms with Crippen molar-refractivity contribution in [2.45, 2.75) is 39.2 Å². The molecule has 0 aromatic heterocycles. The zero-order valence-corrected chi connectivity index (χ0v) is 9.86. The maximum Gasteiger partial charge on any atom is 0.220 e. The molecule has 1 aromatic carbocycles. The summed E-state index contributed by atoms with van der Waals surface area (Å²) in [5, 5.41) is 12.4. The van der Waals surface area contributed by atoms with E-state index in [0.29, 0.717) is 12.8 Å². The highest BCUT2D eigenvalue weighted by Gasteiger charge is 2.07. The van der Waals surface area contributed by atoms with Crippen LogP contribution < -0.4 is 5.32 Å². The minimum Gasteiger partial charge on any atom is -0.508 e. The summed E-state index contributed by atoms with van der Waals surface area (Å²) in [6, 6.07) is 7.34. The molecule has 0 bridgehead atoms. The molecule has 3 nitrogen and oxygen atoms in total. The third kappa shape index (κ3) is 3.93. The predicted octanol–water partition coefficient (Wildman–Crippen LogP) is 2.24. The summed E-state index contributed by atoms with van der Waals surface area (Å²) in [6.45, 7) is 4.02. The van der Waals surface area contributed by atoms with E-state index in [9.17, 15) is 9.90 Å². The number of phenols is 1. The number of nitrogens with one attached hydrogen (secondary N) is 1. The number of aryl methyl sites for hydroxylation is 1. The Kier molecular flexibility index (Phi) is 4.83. The van der Waals surface area contributed by atoms with Crippen LogP contribution in [0.25, 0.3) is 0 Å². The number of aromatic hydroxyl groups is 1. The Hall–Kier alpha value is -1.51. The van der Waals surface area contributed by atoms with Gasteiger partial charge in [-0.05, 0) is 31.4 Å². The monoisotopic (exact) mass is 221 g/mol. The number of carbonyl (C=O) groups is 1. The number of amides is 1. The summed E-state index contributed by atoms with van der Waals surface area (Å²) in [5.41, 5.74) is 0.821. The maximum absolute atomic E-state index is 11.5. The van der Waals surface area contributed by atoms with E-state index in [0.717, 1.165) is 12.0 Å². The van der Waals surface area contributed by atoms with E-state index in [4.69, 9.17) is 0 Å². The first-order valence-corrected chi connectivity index (χ1v) is 5.69. The van der Waals surface area contributed by atoms with Crippen LogP contribution in [0.4, 0.5) is 0 Å². The fraction of sp³-hybridized carbons (Fsp3) is 0.462.